The maximum absolute atomic E-state index is 13.8. The number of nitrogens with zero attached hydrogens (tertiary/aromatic N) is 2. The highest BCUT2D eigenvalue weighted by atomic mass is 19.1. The fraction of sp³-hybridized carbons (Fsp3) is 0.182. The van der Waals surface area contributed by atoms with Crippen LogP contribution in [0.3, 0.4) is 0 Å². The number of pyridine rings is 1. The van der Waals surface area contributed by atoms with Crippen LogP contribution >= 0.6 is 0 Å². The Morgan fingerprint density at radius 2 is 1.76 bits per heavy atom. The SMILES string of the molecule is CC(C)c1ccc(Oc2ncccc2C(=NCc2c(F)cccc2F)NO)cc1. The van der Waals surface area contributed by atoms with Gasteiger partial charge in [0, 0.05) is 11.8 Å². The van der Waals surface area contributed by atoms with Crippen LogP contribution in [-0.2, 0) is 6.54 Å². The fourth-order valence-corrected chi connectivity index (χ4v) is 2.71. The molecule has 29 heavy (non-hydrogen) atoms. The zero-order chi connectivity index (χ0) is 20.8. The number of hydroxylamine groups is 1. The molecule has 3 aromatic rings. The Hall–Kier alpha value is -3.32. The van der Waals surface area contributed by atoms with Gasteiger partial charge in [0.05, 0.1) is 12.1 Å². The second-order valence-corrected chi connectivity index (χ2v) is 6.66. The van der Waals surface area contributed by atoms with Crippen molar-refractivity contribution in [1.82, 2.24) is 10.5 Å². The molecule has 0 amide bonds. The van der Waals surface area contributed by atoms with E-state index in [9.17, 15) is 14.0 Å². The van der Waals surface area contributed by atoms with Gasteiger partial charge in [-0.1, -0.05) is 32.0 Å². The second-order valence-electron chi connectivity index (χ2n) is 6.66. The smallest absolute Gasteiger partial charge is 0.230 e. The molecule has 0 saturated carbocycles. The van der Waals surface area contributed by atoms with Crippen molar-refractivity contribution >= 4 is 5.84 Å². The van der Waals surface area contributed by atoms with Crippen molar-refractivity contribution in [3.8, 4) is 11.6 Å². The van der Waals surface area contributed by atoms with Crippen LogP contribution in [0.1, 0.15) is 36.5 Å². The molecule has 2 aromatic carbocycles. The number of nitrogens with one attached hydrogen (secondary N) is 1. The van der Waals surface area contributed by atoms with Crippen LogP contribution in [0.15, 0.2) is 65.8 Å². The number of halogens is 2. The summed E-state index contributed by atoms with van der Waals surface area (Å²) in [6, 6.07) is 14.4. The van der Waals surface area contributed by atoms with Gasteiger partial charge in [-0.2, -0.15) is 0 Å². The Bertz CT molecular complexity index is 985. The van der Waals surface area contributed by atoms with Crippen molar-refractivity contribution in [3.63, 3.8) is 0 Å². The standard InChI is InChI=1S/C22H21F2N3O2/c1-14(2)15-8-10-16(11-9-15)29-22-17(5-4-12-25-22)21(27-28)26-13-18-19(23)6-3-7-20(18)24/h3-12,14,28H,13H2,1-2H3,(H,26,27). The quantitative estimate of drug-likeness (QED) is 0.341. The molecule has 0 spiro atoms. The molecule has 0 radical (unpaired) electrons. The predicted octanol–water partition coefficient (Wildman–Crippen LogP) is 5.20. The van der Waals surface area contributed by atoms with E-state index in [1.54, 1.807) is 12.1 Å². The highest BCUT2D eigenvalue weighted by Crippen LogP contribution is 2.25. The molecule has 2 N–H and O–H groups in total. The summed E-state index contributed by atoms with van der Waals surface area (Å²) in [5.41, 5.74) is 3.28. The molecule has 1 heterocycles. The van der Waals surface area contributed by atoms with Gasteiger partial charge in [0.2, 0.25) is 5.88 Å². The minimum Gasteiger partial charge on any atom is -0.438 e. The molecule has 0 saturated heterocycles. The third kappa shape index (κ3) is 4.94. The minimum atomic E-state index is -0.709. The van der Waals surface area contributed by atoms with Gasteiger partial charge in [-0.05, 0) is 47.9 Å². The summed E-state index contributed by atoms with van der Waals surface area (Å²) in [5.74, 6) is -0.288. The summed E-state index contributed by atoms with van der Waals surface area (Å²) in [7, 11) is 0. The summed E-state index contributed by atoms with van der Waals surface area (Å²) in [6.07, 6.45) is 1.53. The molecule has 0 unspecified atom stereocenters. The number of aliphatic imine (C=N–C) groups is 1. The highest BCUT2D eigenvalue weighted by molar-refractivity contribution is 6.00. The third-order valence-electron chi connectivity index (χ3n) is 4.35. The van der Waals surface area contributed by atoms with Crippen LogP contribution in [0.2, 0.25) is 0 Å². The average Bonchev–Trinajstić information content (AvgIpc) is 2.71. The fourth-order valence-electron chi connectivity index (χ4n) is 2.71. The first-order chi connectivity index (χ1) is 14.0. The molecule has 5 nitrogen and oxygen atoms in total. The summed E-state index contributed by atoms with van der Waals surface area (Å²) >= 11 is 0. The lowest BCUT2D eigenvalue weighted by Crippen LogP contribution is -2.21. The van der Waals surface area contributed by atoms with E-state index in [0.717, 1.165) is 12.1 Å². The van der Waals surface area contributed by atoms with Gasteiger partial charge in [0.25, 0.3) is 0 Å². The summed E-state index contributed by atoms with van der Waals surface area (Å²) in [5, 5.41) is 9.53. The van der Waals surface area contributed by atoms with Gasteiger partial charge in [-0.15, -0.1) is 0 Å². The Morgan fingerprint density at radius 1 is 1.07 bits per heavy atom. The number of hydrogen-bond donors (Lipinski definition) is 2. The van der Waals surface area contributed by atoms with Crippen LogP contribution in [0.25, 0.3) is 0 Å². The van der Waals surface area contributed by atoms with Gasteiger partial charge in [-0.3, -0.25) is 15.7 Å². The zero-order valence-electron chi connectivity index (χ0n) is 16.1. The lowest BCUT2D eigenvalue weighted by atomic mass is 10.0. The molecule has 0 atom stereocenters. The van der Waals surface area contributed by atoms with E-state index < -0.39 is 11.6 Å². The topological polar surface area (TPSA) is 66.7 Å². The number of aromatic nitrogens is 1. The van der Waals surface area contributed by atoms with Crippen molar-refractivity contribution in [1.29, 1.82) is 0 Å². The molecule has 0 aliphatic rings. The van der Waals surface area contributed by atoms with Gasteiger partial charge in [0.1, 0.15) is 17.4 Å². The van der Waals surface area contributed by atoms with Crippen LogP contribution in [-0.4, -0.2) is 16.0 Å². The van der Waals surface area contributed by atoms with Crippen molar-refractivity contribution in [2.45, 2.75) is 26.3 Å². The molecular formula is C22H21F2N3O2. The van der Waals surface area contributed by atoms with E-state index in [2.05, 4.69) is 23.8 Å². The number of hydrogen-bond acceptors (Lipinski definition) is 4. The van der Waals surface area contributed by atoms with E-state index in [-0.39, 0.29) is 23.8 Å². The molecule has 150 valence electrons. The van der Waals surface area contributed by atoms with Crippen LogP contribution in [0.5, 0.6) is 11.6 Å². The number of benzene rings is 2. The van der Waals surface area contributed by atoms with E-state index >= 15 is 0 Å². The molecule has 0 aliphatic heterocycles. The van der Waals surface area contributed by atoms with Crippen LogP contribution in [0, 0.1) is 11.6 Å². The third-order valence-corrected chi connectivity index (χ3v) is 4.35. The Balaban J connectivity index is 1.87. The molecule has 3 rings (SSSR count). The lowest BCUT2D eigenvalue weighted by Gasteiger charge is -2.12. The number of ether oxygens (including phenoxy) is 1. The molecule has 0 aliphatic carbocycles. The van der Waals surface area contributed by atoms with Crippen molar-refractivity contribution in [3.05, 3.63) is 89.1 Å². The predicted molar refractivity (Wildman–Crippen MR) is 106 cm³/mol. The summed E-state index contributed by atoms with van der Waals surface area (Å²) < 4.78 is 33.5. The Morgan fingerprint density at radius 3 is 2.38 bits per heavy atom. The highest BCUT2D eigenvalue weighted by Gasteiger charge is 2.14. The van der Waals surface area contributed by atoms with Crippen molar-refractivity contribution in [2.24, 2.45) is 4.99 Å². The average molecular weight is 397 g/mol. The van der Waals surface area contributed by atoms with Crippen LogP contribution in [0.4, 0.5) is 8.78 Å². The molecule has 1 aromatic heterocycles. The van der Waals surface area contributed by atoms with E-state index in [1.807, 2.05) is 29.7 Å². The molecule has 0 fully saturated rings. The monoisotopic (exact) mass is 397 g/mol. The number of rotatable bonds is 6. The van der Waals surface area contributed by atoms with Gasteiger partial charge in [-0.25, -0.2) is 13.8 Å². The summed E-state index contributed by atoms with van der Waals surface area (Å²) in [4.78, 5) is 8.29. The molecular weight excluding hydrogens is 376 g/mol. The first kappa shape index (κ1) is 20.4. The summed E-state index contributed by atoms with van der Waals surface area (Å²) in [6.45, 7) is 3.89. The number of amidine groups is 1. The maximum Gasteiger partial charge on any atom is 0.230 e. The van der Waals surface area contributed by atoms with Crippen molar-refractivity contribution < 1.29 is 18.7 Å². The second kappa shape index (κ2) is 9.25. The first-order valence-corrected chi connectivity index (χ1v) is 9.10. The van der Waals surface area contributed by atoms with E-state index in [1.165, 1.54) is 17.8 Å². The van der Waals surface area contributed by atoms with Gasteiger partial charge in [0.15, 0.2) is 5.84 Å². The van der Waals surface area contributed by atoms with E-state index in [4.69, 9.17) is 4.74 Å². The normalized spacial score (nSPS) is 11.6. The van der Waals surface area contributed by atoms with Gasteiger partial charge < -0.3 is 4.74 Å². The molecule has 7 heteroatoms. The maximum atomic E-state index is 13.8. The lowest BCUT2D eigenvalue weighted by molar-refractivity contribution is 0.234. The Labute approximate surface area is 167 Å². The first-order valence-electron chi connectivity index (χ1n) is 9.10. The molecule has 0 bridgehead atoms. The van der Waals surface area contributed by atoms with Crippen LogP contribution < -0.4 is 10.2 Å². The minimum absolute atomic E-state index is 0.0189. The zero-order valence-corrected chi connectivity index (χ0v) is 16.1. The van der Waals surface area contributed by atoms with Crippen molar-refractivity contribution in [2.75, 3.05) is 0 Å². The van der Waals surface area contributed by atoms with Gasteiger partial charge >= 0.3 is 0 Å². The van der Waals surface area contributed by atoms with E-state index in [0.29, 0.717) is 17.2 Å². The Kier molecular flexibility index (Phi) is 6.51. The largest absolute Gasteiger partial charge is 0.438 e.